The molecule has 0 saturated carbocycles. The number of aromatic nitrogens is 2. The van der Waals surface area contributed by atoms with Crippen LogP contribution in [0, 0.1) is 17.0 Å². The van der Waals surface area contributed by atoms with Gasteiger partial charge in [-0.05, 0) is 84.0 Å². The fourth-order valence-electron chi connectivity index (χ4n) is 6.60. The van der Waals surface area contributed by atoms with Gasteiger partial charge in [0.05, 0.1) is 45.6 Å². The van der Waals surface area contributed by atoms with Crippen LogP contribution in [0.5, 0.6) is 11.5 Å². The number of aryl methyl sites for hydroxylation is 1. The molecule has 0 spiro atoms. The Labute approximate surface area is 321 Å². The summed E-state index contributed by atoms with van der Waals surface area (Å²) >= 11 is 1.25. The average Bonchev–Trinajstić information content (AvgIpc) is 3.68. The van der Waals surface area contributed by atoms with Gasteiger partial charge in [-0.1, -0.05) is 42.5 Å². The van der Waals surface area contributed by atoms with Crippen LogP contribution in [0.25, 0.3) is 22.3 Å². The van der Waals surface area contributed by atoms with Gasteiger partial charge in [0.1, 0.15) is 23.3 Å². The van der Waals surface area contributed by atoms with Crippen molar-refractivity contribution in [2.75, 3.05) is 33.7 Å². The van der Waals surface area contributed by atoms with Crippen LogP contribution in [0.2, 0.25) is 0 Å². The van der Waals surface area contributed by atoms with Crippen molar-refractivity contribution in [3.63, 3.8) is 0 Å². The SMILES string of the molecule is COC(=O)c1cc(SCCn2c(=O)c(C)cn(C3CCC(COCc4cccc(-c5ccc(OC)cc5)c4-c4ccc(OC)cc4)O3)c2=O)ccc1[N+](=O)[O-]. The minimum absolute atomic E-state index is 0.0694. The highest BCUT2D eigenvalue weighted by atomic mass is 32.2. The molecule has 2 unspecified atom stereocenters. The van der Waals surface area contributed by atoms with Crippen LogP contribution in [-0.2, 0) is 27.4 Å². The Bertz CT molecular complexity index is 2290. The Kier molecular flexibility index (Phi) is 12.5. The molecule has 1 saturated heterocycles. The predicted octanol–water partition coefficient (Wildman–Crippen LogP) is 7.05. The van der Waals surface area contributed by atoms with Crippen molar-refractivity contribution >= 4 is 23.4 Å². The van der Waals surface area contributed by atoms with E-state index in [9.17, 15) is 24.5 Å². The molecular weight excluding hydrogens is 727 g/mol. The molecule has 286 valence electrons. The summed E-state index contributed by atoms with van der Waals surface area (Å²) in [6.45, 7) is 2.35. The molecule has 0 amide bonds. The van der Waals surface area contributed by atoms with Crippen molar-refractivity contribution in [3.8, 4) is 33.8 Å². The average molecular weight is 768 g/mol. The summed E-state index contributed by atoms with van der Waals surface area (Å²) in [5.74, 6) is 0.995. The molecule has 0 N–H and O–H groups in total. The van der Waals surface area contributed by atoms with E-state index in [1.54, 1.807) is 21.1 Å². The second-order valence-electron chi connectivity index (χ2n) is 12.8. The number of carbonyl (C=O) groups is 1. The Morgan fingerprint density at radius 3 is 2.27 bits per heavy atom. The third-order valence-corrected chi connectivity index (χ3v) is 10.4. The van der Waals surface area contributed by atoms with Gasteiger partial charge in [0, 0.05) is 35.0 Å². The van der Waals surface area contributed by atoms with E-state index in [1.165, 1.54) is 45.3 Å². The Hall–Kier alpha value is -5.70. The standard InChI is InChI=1S/C41H41N3O10S/c1-26-23-43(41(47)42(39(26)45)20-21-55-33-17-18-36(44(48)49)35(22-33)40(46)52-4)37-19-16-32(54-37)25-53-24-29-6-5-7-34(27-8-12-30(50-2)13-9-27)38(29)28-10-14-31(51-3)15-11-28/h5-15,17-18,22-23,32,37H,16,19-21,24-25H2,1-4H3. The third-order valence-electron chi connectivity index (χ3n) is 9.41. The van der Waals surface area contributed by atoms with E-state index in [4.69, 9.17) is 23.7 Å². The predicted molar refractivity (Wildman–Crippen MR) is 208 cm³/mol. The molecule has 2 atom stereocenters. The first kappa shape index (κ1) is 39.0. The van der Waals surface area contributed by atoms with E-state index in [2.05, 4.69) is 12.1 Å². The molecule has 0 aliphatic carbocycles. The second kappa shape index (κ2) is 17.6. The highest BCUT2D eigenvalue weighted by Crippen LogP contribution is 2.37. The van der Waals surface area contributed by atoms with Gasteiger partial charge in [-0.25, -0.2) is 9.59 Å². The topological polar surface area (TPSA) is 150 Å². The molecule has 1 aromatic heterocycles. The third kappa shape index (κ3) is 8.83. The van der Waals surface area contributed by atoms with Crippen molar-refractivity contribution in [1.29, 1.82) is 0 Å². The van der Waals surface area contributed by atoms with E-state index >= 15 is 0 Å². The summed E-state index contributed by atoms with van der Waals surface area (Å²) in [4.78, 5) is 50.1. The molecular formula is C41H41N3O10S. The van der Waals surface area contributed by atoms with Crippen molar-refractivity contribution in [3.05, 3.63) is 139 Å². The number of carbonyl (C=O) groups excluding carboxylic acids is 1. The summed E-state index contributed by atoms with van der Waals surface area (Å²) in [7, 11) is 4.43. The first-order chi connectivity index (χ1) is 26.6. The van der Waals surface area contributed by atoms with Crippen LogP contribution >= 0.6 is 11.8 Å². The summed E-state index contributed by atoms with van der Waals surface area (Å²) in [5.41, 5.74) is 4.08. The number of methoxy groups -OCH3 is 3. The van der Waals surface area contributed by atoms with Crippen LogP contribution in [0.4, 0.5) is 5.69 Å². The number of nitro benzene ring substituents is 1. The molecule has 4 aromatic carbocycles. The maximum atomic E-state index is 13.6. The van der Waals surface area contributed by atoms with E-state index in [1.807, 2.05) is 54.6 Å². The van der Waals surface area contributed by atoms with E-state index < -0.39 is 28.4 Å². The largest absolute Gasteiger partial charge is 0.497 e. The number of esters is 1. The van der Waals surface area contributed by atoms with Gasteiger partial charge < -0.3 is 23.7 Å². The highest BCUT2D eigenvalue weighted by molar-refractivity contribution is 7.99. The van der Waals surface area contributed by atoms with E-state index in [0.717, 1.165) is 46.4 Å². The molecule has 6 rings (SSSR count). The summed E-state index contributed by atoms with van der Waals surface area (Å²) in [6.07, 6.45) is 1.90. The lowest BCUT2D eigenvalue weighted by Crippen LogP contribution is -2.42. The van der Waals surface area contributed by atoms with E-state index in [0.29, 0.717) is 36.5 Å². The van der Waals surface area contributed by atoms with Gasteiger partial charge in [0.25, 0.3) is 11.2 Å². The number of thioether (sulfide) groups is 1. The second-order valence-corrected chi connectivity index (χ2v) is 14.0. The van der Waals surface area contributed by atoms with Gasteiger partial charge in [-0.15, -0.1) is 11.8 Å². The monoisotopic (exact) mass is 767 g/mol. The smallest absolute Gasteiger partial charge is 0.344 e. The lowest BCUT2D eigenvalue weighted by molar-refractivity contribution is -0.385. The summed E-state index contributed by atoms with van der Waals surface area (Å²) in [5, 5.41) is 11.4. The molecule has 2 heterocycles. The lowest BCUT2D eigenvalue weighted by Gasteiger charge is -2.19. The van der Waals surface area contributed by atoms with Crippen molar-refractivity contribution in [1.82, 2.24) is 9.13 Å². The van der Waals surface area contributed by atoms with Gasteiger partial charge in [0.2, 0.25) is 0 Å². The number of rotatable bonds is 15. The number of hydrogen-bond donors (Lipinski definition) is 0. The fraction of sp³-hybridized carbons (Fsp3) is 0.293. The Balaban J connectivity index is 1.13. The zero-order valence-corrected chi connectivity index (χ0v) is 31.7. The first-order valence-corrected chi connectivity index (χ1v) is 18.6. The molecule has 1 aliphatic heterocycles. The fourth-order valence-corrected chi connectivity index (χ4v) is 7.47. The van der Waals surface area contributed by atoms with Crippen LogP contribution in [0.15, 0.2) is 106 Å². The molecule has 0 radical (unpaired) electrons. The molecule has 0 bridgehead atoms. The van der Waals surface area contributed by atoms with Crippen LogP contribution < -0.4 is 20.7 Å². The number of hydrogen-bond acceptors (Lipinski definition) is 11. The minimum atomic E-state index is -0.829. The molecule has 13 nitrogen and oxygen atoms in total. The molecule has 55 heavy (non-hydrogen) atoms. The van der Waals surface area contributed by atoms with Gasteiger partial charge >= 0.3 is 11.7 Å². The van der Waals surface area contributed by atoms with Crippen LogP contribution in [0.3, 0.4) is 0 Å². The molecule has 5 aromatic rings. The molecule has 1 aliphatic rings. The normalized spacial score (nSPS) is 15.1. The van der Waals surface area contributed by atoms with Crippen LogP contribution in [0.1, 0.15) is 40.6 Å². The van der Waals surface area contributed by atoms with E-state index in [-0.39, 0.29) is 29.7 Å². The van der Waals surface area contributed by atoms with Crippen LogP contribution in [-0.4, -0.2) is 59.8 Å². The number of nitro groups is 1. The maximum absolute atomic E-state index is 13.6. The lowest BCUT2D eigenvalue weighted by atomic mass is 9.90. The van der Waals surface area contributed by atoms with Crippen molar-refractivity contribution in [2.45, 2.75) is 50.1 Å². The van der Waals surface area contributed by atoms with Gasteiger partial charge in [0.15, 0.2) is 0 Å². The number of benzene rings is 4. The molecule has 14 heteroatoms. The van der Waals surface area contributed by atoms with Crippen molar-refractivity contribution in [2.24, 2.45) is 0 Å². The summed E-state index contributed by atoms with van der Waals surface area (Å²) < 4.78 is 30.7. The highest BCUT2D eigenvalue weighted by Gasteiger charge is 2.29. The zero-order valence-electron chi connectivity index (χ0n) is 30.9. The van der Waals surface area contributed by atoms with Gasteiger partial charge in [-0.2, -0.15) is 0 Å². The number of nitrogens with zero attached hydrogens (tertiary/aromatic N) is 3. The summed E-state index contributed by atoms with van der Waals surface area (Å²) in [6, 6.07) is 26.1. The maximum Gasteiger partial charge on any atom is 0.344 e. The van der Waals surface area contributed by atoms with Crippen molar-refractivity contribution < 1.29 is 33.4 Å². The zero-order chi connectivity index (χ0) is 39.1. The van der Waals surface area contributed by atoms with Gasteiger partial charge in [-0.3, -0.25) is 24.0 Å². The minimum Gasteiger partial charge on any atom is -0.497 e. The first-order valence-electron chi connectivity index (χ1n) is 17.6. The Morgan fingerprint density at radius 2 is 1.62 bits per heavy atom. The number of ether oxygens (including phenoxy) is 5. The molecule has 1 fully saturated rings. The Morgan fingerprint density at radius 1 is 0.927 bits per heavy atom. The quantitative estimate of drug-likeness (QED) is 0.0467.